The summed E-state index contributed by atoms with van der Waals surface area (Å²) in [7, 11) is -9.94. The molecular formula is C94H184O17P2. The fourth-order valence-corrected chi connectivity index (χ4v) is 16.5. The standard InChI is InChI=1S/C94H184O17P2/c1-6-9-12-15-18-21-24-27-29-31-33-35-36-38-40-45-49-54-59-64-69-74-79-93(98)111-90(84-105-92(97)78-73-68-63-58-53-48-44-39-37-34-32-30-28-25-22-19-16-13-10-7-2)86-109-113(102,103)107-82-88(95)81-106-112(100,101)108-85-89(83-104-91(96)77-72-67-62-57-52-26-23-20-17-14-11-8-3)110-94(99)80-75-70-65-60-55-50-46-42-41-43-47-51-56-61-66-71-76-87(4)5/h87-90,95H,6-86H2,1-5H3,(H,100,101)(H,102,103)/t88-,89+,90+/m0/s1. The summed E-state index contributed by atoms with van der Waals surface area (Å²) in [5.74, 6) is -1.28. The third-order valence-electron chi connectivity index (χ3n) is 22.3. The zero-order valence-electron chi connectivity index (χ0n) is 74.5. The van der Waals surface area contributed by atoms with Gasteiger partial charge in [0.1, 0.15) is 19.3 Å². The molecule has 0 fully saturated rings. The van der Waals surface area contributed by atoms with E-state index in [0.717, 1.165) is 95.8 Å². The van der Waals surface area contributed by atoms with E-state index >= 15 is 0 Å². The van der Waals surface area contributed by atoms with E-state index in [9.17, 15) is 43.2 Å². The molecule has 2 unspecified atom stereocenters. The van der Waals surface area contributed by atoms with Crippen LogP contribution >= 0.6 is 15.6 Å². The Morgan fingerprint density at radius 1 is 0.239 bits per heavy atom. The van der Waals surface area contributed by atoms with Gasteiger partial charge < -0.3 is 33.8 Å². The van der Waals surface area contributed by atoms with Gasteiger partial charge in [-0.25, -0.2) is 9.13 Å². The Labute approximate surface area is 696 Å². The number of aliphatic hydroxyl groups is 1. The molecule has 0 amide bonds. The quantitative estimate of drug-likeness (QED) is 0.0222. The topological polar surface area (TPSA) is 237 Å². The SMILES string of the molecule is CCCCCCCCCCCCCCCCCCCCCCCCC(=O)O[C@H](COC(=O)CCCCCCCCCCCCCCCCCCCCCC)COP(=O)(O)OC[C@@H](O)COP(=O)(O)OC[C@@H](COC(=O)CCCCCCCCCCCCCC)OC(=O)CCCCCCCCCCCCCCCCCCC(C)C. The molecule has 0 radical (unpaired) electrons. The molecule has 0 saturated heterocycles. The lowest BCUT2D eigenvalue weighted by Gasteiger charge is -2.21. The second-order valence-corrected chi connectivity index (χ2v) is 37.1. The van der Waals surface area contributed by atoms with Crippen molar-refractivity contribution in [3.63, 3.8) is 0 Å². The van der Waals surface area contributed by atoms with E-state index in [1.807, 2.05) is 0 Å². The monoisotopic (exact) mass is 1650 g/mol. The van der Waals surface area contributed by atoms with Crippen LogP contribution in [-0.4, -0.2) is 96.7 Å². The van der Waals surface area contributed by atoms with Crippen LogP contribution in [0, 0.1) is 5.92 Å². The highest BCUT2D eigenvalue weighted by atomic mass is 31.2. The van der Waals surface area contributed by atoms with Crippen LogP contribution in [0.4, 0.5) is 0 Å². The van der Waals surface area contributed by atoms with Gasteiger partial charge in [-0.05, 0) is 31.6 Å². The van der Waals surface area contributed by atoms with Crippen LogP contribution in [-0.2, 0) is 65.4 Å². The van der Waals surface area contributed by atoms with E-state index in [-0.39, 0.29) is 25.7 Å². The first-order chi connectivity index (χ1) is 55.0. The summed E-state index contributed by atoms with van der Waals surface area (Å²) in [5, 5.41) is 10.7. The van der Waals surface area contributed by atoms with E-state index in [0.29, 0.717) is 25.7 Å². The number of rotatable bonds is 94. The summed E-state index contributed by atoms with van der Waals surface area (Å²) < 4.78 is 69.2. The van der Waals surface area contributed by atoms with Crippen molar-refractivity contribution in [2.45, 2.75) is 534 Å². The Kier molecular flexibility index (Phi) is 85.0. The average molecular weight is 1650 g/mol. The minimum Gasteiger partial charge on any atom is -0.462 e. The first-order valence-electron chi connectivity index (χ1n) is 48.6. The third-order valence-corrected chi connectivity index (χ3v) is 24.2. The van der Waals surface area contributed by atoms with Crippen LogP contribution in [0.3, 0.4) is 0 Å². The maximum absolute atomic E-state index is 13.2. The Morgan fingerprint density at radius 2 is 0.407 bits per heavy atom. The predicted molar refractivity (Wildman–Crippen MR) is 469 cm³/mol. The van der Waals surface area contributed by atoms with Crippen molar-refractivity contribution >= 4 is 39.5 Å². The number of hydrogen-bond donors (Lipinski definition) is 3. The van der Waals surface area contributed by atoms with Gasteiger partial charge >= 0.3 is 39.5 Å². The molecule has 0 aromatic carbocycles. The zero-order valence-corrected chi connectivity index (χ0v) is 76.3. The lowest BCUT2D eigenvalue weighted by molar-refractivity contribution is -0.161. The molecule has 17 nitrogen and oxygen atoms in total. The van der Waals surface area contributed by atoms with Crippen LogP contribution < -0.4 is 0 Å². The lowest BCUT2D eigenvalue weighted by atomic mass is 10.0. The van der Waals surface area contributed by atoms with Gasteiger partial charge in [0.05, 0.1) is 26.4 Å². The molecule has 5 atom stereocenters. The van der Waals surface area contributed by atoms with Gasteiger partial charge in [0.25, 0.3) is 0 Å². The first-order valence-corrected chi connectivity index (χ1v) is 51.6. The molecule has 0 aliphatic carbocycles. The van der Waals surface area contributed by atoms with Crippen LogP contribution in [0.1, 0.15) is 516 Å². The van der Waals surface area contributed by atoms with E-state index in [1.54, 1.807) is 0 Å². The van der Waals surface area contributed by atoms with Crippen LogP contribution in [0.5, 0.6) is 0 Å². The highest BCUT2D eigenvalue weighted by Gasteiger charge is 2.31. The number of ether oxygens (including phenoxy) is 4. The number of phosphoric ester groups is 2. The van der Waals surface area contributed by atoms with Crippen molar-refractivity contribution in [1.29, 1.82) is 0 Å². The van der Waals surface area contributed by atoms with Crippen molar-refractivity contribution in [3.8, 4) is 0 Å². The van der Waals surface area contributed by atoms with Crippen molar-refractivity contribution < 1.29 is 80.2 Å². The minimum absolute atomic E-state index is 0.109. The Hall–Kier alpha value is -1.94. The number of carbonyl (C=O) groups excluding carboxylic acids is 4. The maximum Gasteiger partial charge on any atom is 0.472 e. The summed E-state index contributed by atoms with van der Waals surface area (Å²) in [5.41, 5.74) is 0. The number of hydrogen-bond acceptors (Lipinski definition) is 15. The fourth-order valence-electron chi connectivity index (χ4n) is 14.9. The first kappa shape index (κ1) is 111. The van der Waals surface area contributed by atoms with Gasteiger partial charge in [-0.15, -0.1) is 0 Å². The number of phosphoric acid groups is 2. The van der Waals surface area contributed by atoms with Crippen LogP contribution in [0.15, 0.2) is 0 Å². The van der Waals surface area contributed by atoms with Gasteiger partial charge in [0, 0.05) is 25.7 Å². The summed E-state index contributed by atoms with van der Waals surface area (Å²) >= 11 is 0. The fraction of sp³-hybridized carbons (Fsp3) is 0.957. The highest BCUT2D eigenvalue weighted by molar-refractivity contribution is 7.47. The molecule has 0 heterocycles. The third kappa shape index (κ3) is 87.7. The van der Waals surface area contributed by atoms with Gasteiger partial charge in [0.2, 0.25) is 0 Å². The molecule has 0 rings (SSSR count). The van der Waals surface area contributed by atoms with Gasteiger partial charge in [-0.2, -0.15) is 0 Å². The van der Waals surface area contributed by atoms with Gasteiger partial charge in [0.15, 0.2) is 12.2 Å². The second kappa shape index (κ2) is 86.4. The van der Waals surface area contributed by atoms with Gasteiger partial charge in [-0.3, -0.25) is 37.3 Å². The molecular weight excluding hydrogens is 1460 g/mol. The molecule has 0 aromatic heterocycles. The van der Waals surface area contributed by atoms with E-state index in [2.05, 4.69) is 34.6 Å². The van der Waals surface area contributed by atoms with E-state index in [1.165, 1.54) is 340 Å². The summed E-state index contributed by atoms with van der Waals surface area (Å²) in [6.45, 7) is 7.44. The maximum atomic E-state index is 13.2. The highest BCUT2D eigenvalue weighted by Crippen LogP contribution is 2.45. The number of carbonyl (C=O) groups is 4. The minimum atomic E-state index is -4.97. The predicted octanol–water partition coefficient (Wildman–Crippen LogP) is 29.5. The van der Waals surface area contributed by atoms with Crippen LogP contribution in [0.2, 0.25) is 0 Å². The number of aliphatic hydroxyl groups excluding tert-OH is 1. The summed E-state index contributed by atoms with van der Waals surface area (Å²) in [6, 6.07) is 0. The van der Waals surface area contributed by atoms with Crippen molar-refractivity contribution in [1.82, 2.24) is 0 Å². The van der Waals surface area contributed by atoms with Crippen molar-refractivity contribution in [2.24, 2.45) is 5.92 Å². The molecule has 0 aliphatic heterocycles. The van der Waals surface area contributed by atoms with E-state index < -0.39 is 97.5 Å². The average Bonchev–Trinajstić information content (AvgIpc) is 0.894. The van der Waals surface area contributed by atoms with Crippen molar-refractivity contribution in [3.05, 3.63) is 0 Å². The zero-order chi connectivity index (χ0) is 82.6. The molecule has 0 saturated carbocycles. The number of unbranched alkanes of at least 4 members (excludes halogenated alkanes) is 66. The molecule has 113 heavy (non-hydrogen) atoms. The summed E-state index contributed by atoms with van der Waals surface area (Å²) in [6.07, 6.45) is 83.5. The summed E-state index contributed by atoms with van der Waals surface area (Å²) in [4.78, 5) is 73.5. The molecule has 3 N–H and O–H groups in total. The molecule has 0 spiro atoms. The van der Waals surface area contributed by atoms with E-state index in [4.69, 9.17) is 37.0 Å². The molecule has 0 bridgehead atoms. The molecule has 19 heteroatoms. The molecule has 0 aliphatic rings. The molecule has 672 valence electrons. The smallest absolute Gasteiger partial charge is 0.462 e. The number of esters is 4. The normalized spacial score (nSPS) is 13.6. The van der Waals surface area contributed by atoms with Gasteiger partial charge in [-0.1, -0.05) is 465 Å². The largest absolute Gasteiger partial charge is 0.472 e. The van der Waals surface area contributed by atoms with Crippen molar-refractivity contribution in [2.75, 3.05) is 39.6 Å². The Morgan fingerprint density at radius 3 is 0.602 bits per heavy atom. The molecule has 0 aromatic rings. The Balaban J connectivity index is 5.24. The Bertz CT molecular complexity index is 2140. The lowest BCUT2D eigenvalue weighted by Crippen LogP contribution is -2.30. The second-order valence-electron chi connectivity index (χ2n) is 34.2. The van der Waals surface area contributed by atoms with Crippen LogP contribution in [0.25, 0.3) is 0 Å².